The molecule has 1 amide bonds. The van der Waals surface area contributed by atoms with E-state index in [-0.39, 0.29) is 6.10 Å². The number of pyridine rings is 1. The van der Waals surface area contributed by atoms with Crippen LogP contribution in [-0.4, -0.2) is 40.4 Å². The minimum absolute atomic E-state index is 0.0418. The molecule has 0 saturated carbocycles. The van der Waals surface area contributed by atoms with Crippen LogP contribution < -0.4 is 14.7 Å². The number of rotatable bonds is 10. The molecule has 0 unspecified atom stereocenters. The highest BCUT2D eigenvalue weighted by atomic mass is 16.5. The second-order valence-electron chi connectivity index (χ2n) is 8.33. The lowest BCUT2D eigenvalue weighted by molar-refractivity contribution is -0.111. The van der Waals surface area contributed by atoms with Gasteiger partial charge in [0.1, 0.15) is 11.9 Å². The molecule has 3 heterocycles. The van der Waals surface area contributed by atoms with Crippen LogP contribution in [0.1, 0.15) is 11.1 Å². The minimum Gasteiger partial charge on any atom is -0.487 e. The van der Waals surface area contributed by atoms with Crippen LogP contribution in [-0.2, 0) is 22.7 Å². The third-order valence-electron chi connectivity index (χ3n) is 5.88. The maximum atomic E-state index is 11.2. The van der Waals surface area contributed by atoms with E-state index in [2.05, 4.69) is 9.88 Å². The molecule has 0 radical (unpaired) electrons. The Morgan fingerprint density at radius 1 is 0.971 bits per heavy atom. The van der Waals surface area contributed by atoms with Crippen LogP contribution in [0, 0.1) is 0 Å². The van der Waals surface area contributed by atoms with Crippen LogP contribution in [0.5, 0.6) is 5.75 Å². The summed E-state index contributed by atoms with van der Waals surface area (Å²) in [5.74, 6) is 0.813. The van der Waals surface area contributed by atoms with Gasteiger partial charge >= 0.3 is 0 Å². The van der Waals surface area contributed by atoms with Crippen molar-refractivity contribution in [3.63, 3.8) is 0 Å². The molecule has 1 fully saturated rings. The lowest BCUT2D eigenvalue weighted by Crippen LogP contribution is -2.54. The summed E-state index contributed by atoms with van der Waals surface area (Å²) in [6.07, 6.45) is 7.76. The fraction of sp³-hybridized carbons (Fsp3) is 0.185. The van der Waals surface area contributed by atoms with E-state index in [1.54, 1.807) is 18.5 Å². The molecule has 0 spiro atoms. The summed E-state index contributed by atoms with van der Waals surface area (Å²) in [6.45, 7) is 2.44. The average molecular weight is 471 g/mol. The number of hydrogen-bond donors (Lipinski definition) is 1. The molecular formula is C27H26N4O4. The first-order valence-electron chi connectivity index (χ1n) is 11.4. The van der Waals surface area contributed by atoms with E-state index in [4.69, 9.17) is 9.47 Å². The van der Waals surface area contributed by atoms with Gasteiger partial charge in [0.15, 0.2) is 0 Å². The number of hydrogen-bond acceptors (Lipinski definition) is 6. The molecule has 0 aliphatic carbocycles. The molecule has 5 rings (SSSR count). The van der Waals surface area contributed by atoms with E-state index in [0.29, 0.717) is 43.5 Å². The number of nitrogens with zero attached hydrogens (tertiary/aromatic N) is 4. The van der Waals surface area contributed by atoms with Gasteiger partial charge in [-0.3, -0.25) is 15.0 Å². The molecule has 4 aromatic rings. The summed E-state index contributed by atoms with van der Waals surface area (Å²) in [7, 11) is 0. The van der Waals surface area contributed by atoms with E-state index in [0.717, 1.165) is 28.3 Å². The van der Waals surface area contributed by atoms with Crippen molar-refractivity contribution in [2.45, 2.75) is 19.3 Å². The summed E-state index contributed by atoms with van der Waals surface area (Å²) in [6, 6.07) is 21.2. The Labute approximate surface area is 203 Å². The van der Waals surface area contributed by atoms with Crippen LogP contribution in [0.4, 0.5) is 11.4 Å². The number of anilines is 2. The topological polar surface area (TPSA) is 80.1 Å². The standard InChI is InChI=1S/C27H26N4O4/c32-20-31(33)26-7-3-6-25(27(26)29-13-1-2-14-29)30-16-24(17-30)35-23-10-8-21(9-11-23)18-34-19-22-5-4-12-28-15-22/h1-15,20,24,33H,16-19H2. The van der Waals surface area contributed by atoms with Gasteiger partial charge in [-0.2, -0.15) is 5.06 Å². The normalized spacial score (nSPS) is 13.3. The molecule has 0 bridgehead atoms. The number of amides is 1. The van der Waals surface area contributed by atoms with Crippen molar-refractivity contribution in [3.05, 3.63) is 103 Å². The summed E-state index contributed by atoms with van der Waals surface area (Å²) < 4.78 is 13.8. The molecule has 1 saturated heterocycles. The zero-order valence-electron chi connectivity index (χ0n) is 19.1. The SMILES string of the molecule is O=CN(O)c1cccc(N2CC(Oc3ccc(COCc4cccnc4)cc3)C2)c1-n1cccc1. The van der Waals surface area contributed by atoms with Crippen molar-refractivity contribution in [3.8, 4) is 11.4 Å². The fourth-order valence-corrected chi connectivity index (χ4v) is 4.10. The molecule has 178 valence electrons. The first kappa shape index (κ1) is 22.6. The van der Waals surface area contributed by atoms with E-state index < -0.39 is 0 Å². The number of hydroxylamine groups is 1. The molecule has 0 atom stereocenters. The largest absolute Gasteiger partial charge is 0.487 e. The Morgan fingerprint density at radius 2 is 1.74 bits per heavy atom. The Balaban J connectivity index is 1.18. The Morgan fingerprint density at radius 3 is 2.46 bits per heavy atom. The van der Waals surface area contributed by atoms with Crippen molar-refractivity contribution in [1.29, 1.82) is 0 Å². The number of carbonyl (C=O) groups is 1. The molecule has 2 aromatic carbocycles. The Hall–Kier alpha value is -4.14. The summed E-state index contributed by atoms with van der Waals surface area (Å²) in [5.41, 5.74) is 4.19. The molecule has 8 heteroatoms. The highest BCUT2D eigenvalue weighted by molar-refractivity contribution is 5.84. The van der Waals surface area contributed by atoms with Gasteiger partial charge in [0.25, 0.3) is 0 Å². The smallest absolute Gasteiger partial charge is 0.238 e. The summed E-state index contributed by atoms with van der Waals surface area (Å²) in [4.78, 5) is 17.5. The number of benzene rings is 2. The lowest BCUT2D eigenvalue weighted by atomic mass is 10.1. The Bertz CT molecular complexity index is 1240. The predicted octanol–water partition coefficient (Wildman–Crippen LogP) is 4.21. The van der Waals surface area contributed by atoms with Gasteiger partial charge in [-0.1, -0.05) is 24.3 Å². The first-order valence-corrected chi connectivity index (χ1v) is 11.4. The number of carbonyl (C=O) groups excluding carboxylic acids is 1. The van der Waals surface area contributed by atoms with Gasteiger partial charge in [-0.25, -0.2) is 0 Å². The Kier molecular flexibility index (Phi) is 6.74. The zero-order chi connectivity index (χ0) is 24.0. The maximum absolute atomic E-state index is 11.2. The monoisotopic (exact) mass is 470 g/mol. The van der Waals surface area contributed by atoms with Gasteiger partial charge < -0.3 is 18.9 Å². The second kappa shape index (κ2) is 10.4. The third-order valence-corrected chi connectivity index (χ3v) is 5.88. The van der Waals surface area contributed by atoms with Crippen LogP contribution in [0.3, 0.4) is 0 Å². The summed E-state index contributed by atoms with van der Waals surface area (Å²) in [5, 5.41) is 10.7. The van der Waals surface area contributed by atoms with Gasteiger partial charge in [-0.15, -0.1) is 0 Å². The van der Waals surface area contributed by atoms with Gasteiger partial charge in [-0.05, 0) is 53.6 Å². The van der Waals surface area contributed by atoms with Crippen molar-refractivity contribution in [2.24, 2.45) is 0 Å². The molecule has 1 aliphatic rings. The maximum Gasteiger partial charge on any atom is 0.238 e. The number of ether oxygens (including phenoxy) is 2. The van der Waals surface area contributed by atoms with Crippen molar-refractivity contribution >= 4 is 17.8 Å². The molecule has 8 nitrogen and oxygen atoms in total. The van der Waals surface area contributed by atoms with E-state index >= 15 is 0 Å². The molecule has 35 heavy (non-hydrogen) atoms. The molecule has 2 aromatic heterocycles. The van der Waals surface area contributed by atoms with Crippen LogP contribution in [0.2, 0.25) is 0 Å². The predicted molar refractivity (Wildman–Crippen MR) is 132 cm³/mol. The number of para-hydroxylation sites is 1. The molecule has 1 aliphatic heterocycles. The van der Waals surface area contributed by atoms with Crippen molar-refractivity contribution in [1.82, 2.24) is 9.55 Å². The summed E-state index contributed by atoms with van der Waals surface area (Å²) >= 11 is 0. The molecular weight excluding hydrogens is 444 g/mol. The van der Waals surface area contributed by atoms with Gasteiger partial charge in [0.2, 0.25) is 6.41 Å². The highest BCUT2D eigenvalue weighted by Gasteiger charge is 2.31. The average Bonchev–Trinajstić information content (AvgIpc) is 3.41. The van der Waals surface area contributed by atoms with E-state index in [1.165, 1.54) is 0 Å². The molecule has 1 N–H and O–H groups in total. The van der Waals surface area contributed by atoms with Gasteiger partial charge in [0, 0.05) is 24.8 Å². The van der Waals surface area contributed by atoms with Crippen LogP contribution >= 0.6 is 0 Å². The van der Waals surface area contributed by atoms with Crippen molar-refractivity contribution in [2.75, 3.05) is 23.1 Å². The number of aromatic nitrogens is 2. The quantitative estimate of drug-likeness (QED) is 0.213. The van der Waals surface area contributed by atoms with Crippen molar-refractivity contribution < 1.29 is 19.5 Å². The second-order valence-corrected chi connectivity index (χ2v) is 8.33. The fourth-order valence-electron chi connectivity index (χ4n) is 4.10. The van der Waals surface area contributed by atoms with Crippen LogP contribution in [0.25, 0.3) is 5.69 Å². The van der Waals surface area contributed by atoms with Crippen LogP contribution in [0.15, 0.2) is 91.5 Å². The zero-order valence-corrected chi connectivity index (χ0v) is 19.1. The van der Waals surface area contributed by atoms with E-state index in [1.807, 2.05) is 77.6 Å². The lowest BCUT2D eigenvalue weighted by Gasteiger charge is -2.42. The minimum atomic E-state index is 0.0418. The highest BCUT2D eigenvalue weighted by Crippen LogP contribution is 2.36. The van der Waals surface area contributed by atoms with Gasteiger partial charge in [0.05, 0.1) is 43.4 Å². The third kappa shape index (κ3) is 5.18. The van der Waals surface area contributed by atoms with E-state index in [9.17, 15) is 10.0 Å². The first-order chi connectivity index (χ1) is 17.2.